The van der Waals surface area contributed by atoms with Crippen LogP contribution in [0.2, 0.25) is 0 Å². The topological polar surface area (TPSA) is 40.6 Å². The van der Waals surface area contributed by atoms with Crippen molar-refractivity contribution in [2.24, 2.45) is 5.92 Å². The molecule has 2 fully saturated rings. The molecule has 2 amide bonds. The average molecular weight is 349 g/mol. The predicted molar refractivity (Wildman–Crippen MR) is 97.2 cm³/mol. The van der Waals surface area contributed by atoms with Gasteiger partial charge >= 0.3 is 0 Å². The third-order valence-corrected chi connectivity index (χ3v) is 6.52. The Hall–Kier alpha value is -1.36. The lowest BCUT2D eigenvalue weighted by Crippen LogP contribution is -2.54. The predicted octanol–water partition coefficient (Wildman–Crippen LogP) is 3.78. The number of hydrogen-bond acceptors (Lipinski definition) is 3. The summed E-state index contributed by atoms with van der Waals surface area (Å²) in [6, 6.07) is 3.82. The van der Waals surface area contributed by atoms with E-state index in [1.165, 1.54) is 24.2 Å². The van der Waals surface area contributed by atoms with Gasteiger partial charge < -0.3 is 9.80 Å². The summed E-state index contributed by atoms with van der Waals surface area (Å²) in [4.78, 5) is 30.4. The van der Waals surface area contributed by atoms with E-state index in [4.69, 9.17) is 0 Å². The Morgan fingerprint density at radius 3 is 2.58 bits per heavy atom. The molecule has 1 aromatic heterocycles. The molecule has 1 saturated carbocycles. The Bertz CT molecular complexity index is 564. The quantitative estimate of drug-likeness (QED) is 0.834. The molecular formula is C19H28N2O2S. The number of rotatable bonds is 3. The van der Waals surface area contributed by atoms with Crippen LogP contribution >= 0.6 is 11.3 Å². The number of nitrogens with zero attached hydrogens (tertiary/aromatic N) is 2. The zero-order chi connectivity index (χ0) is 17.1. The maximum atomic E-state index is 13.1. The monoisotopic (exact) mass is 348 g/mol. The minimum Gasteiger partial charge on any atom is -0.341 e. The van der Waals surface area contributed by atoms with Gasteiger partial charge in [-0.2, -0.15) is 0 Å². The van der Waals surface area contributed by atoms with Crippen molar-refractivity contribution >= 4 is 23.2 Å². The van der Waals surface area contributed by atoms with Gasteiger partial charge in [0.1, 0.15) is 6.04 Å². The van der Waals surface area contributed by atoms with E-state index in [-0.39, 0.29) is 17.9 Å². The molecule has 4 nitrogen and oxygen atoms in total. The maximum Gasteiger partial charge on any atom is 0.264 e. The standard InChI is InChI=1S/C19H28N2O2S/c1-14-8-10-15(11-9-14)20(2)18(22)16-6-3-4-12-21(16)19(23)17-7-5-13-24-17/h5,7,13-16H,3-4,6,8-12H2,1-2H3. The first-order valence-electron chi connectivity index (χ1n) is 9.19. The molecule has 0 bridgehead atoms. The molecule has 0 N–H and O–H groups in total. The Labute approximate surface area is 148 Å². The van der Waals surface area contributed by atoms with Gasteiger partial charge in [-0.05, 0) is 62.3 Å². The molecule has 2 aliphatic rings. The molecule has 1 aromatic rings. The average Bonchev–Trinajstić information content (AvgIpc) is 3.15. The Morgan fingerprint density at radius 2 is 1.92 bits per heavy atom. The minimum absolute atomic E-state index is 0.0220. The van der Waals surface area contributed by atoms with Crippen LogP contribution in [0.25, 0.3) is 0 Å². The number of carbonyl (C=O) groups excluding carboxylic acids is 2. The number of likely N-dealkylation sites (tertiary alicyclic amines) is 1. The number of hydrogen-bond donors (Lipinski definition) is 0. The highest BCUT2D eigenvalue weighted by atomic mass is 32.1. The molecule has 5 heteroatoms. The van der Waals surface area contributed by atoms with Crippen molar-refractivity contribution in [3.8, 4) is 0 Å². The van der Waals surface area contributed by atoms with Crippen LogP contribution in [0.1, 0.15) is 61.5 Å². The molecule has 1 atom stereocenters. The van der Waals surface area contributed by atoms with Crippen LogP contribution in [0.15, 0.2) is 17.5 Å². The number of piperidine rings is 1. The highest BCUT2D eigenvalue weighted by molar-refractivity contribution is 7.12. The molecule has 1 aliphatic carbocycles. The first-order valence-corrected chi connectivity index (χ1v) is 10.1. The Balaban J connectivity index is 1.70. The first kappa shape index (κ1) is 17.5. The molecule has 0 aromatic carbocycles. The van der Waals surface area contributed by atoms with Crippen LogP contribution in [-0.2, 0) is 4.79 Å². The van der Waals surface area contributed by atoms with Gasteiger partial charge in [0.05, 0.1) is 4.88 Å². The van der Waals surface area contributed by atoms with Crippen LogP contribution < -0.4 is 0 Å². The van der Waals surface area contributed by atoms with E-state index in [0.717, 1.165) is 42.9 Å². The second-order valence-corrected chi connectivity index (χ2v) is 8.30. The normalized spacial score (nSPS) is 27.8. The molecule has 1 aliphatic heterocycles. The molecule has 2 heterocycles. The van der Waals surface area contributed by atoms with Crippen molar-refractivity contribution < 1.29 is 9.59 Å². The van der Waals surface area contributed by atoms with Crippen molar-refractivity contribution in [1.82, 2.24) is 9.80 Å². The number of carbonyl (C=O) groups is 2. The van der Waals surface area contributed by atoms with Gasteiger partial charge in [0, 0.05) is 19.6 Å². The number of thiophene rings is 1. The van der Waals surface area contributed by atoms with Crippen molar-refractivity contribution in [2.45, 2.75) is 64.0 Å². The summed E-state index contributed by atoms with van der Waals surface area (Å²) < 4.78 is 0. The van der Waals surface area contributed by atoms with Gasteiger partial charge in [-0.15, -0.1) is 11.3 Å². The second kappa shape index (κ2) is 7.68. The summed E-state index contributed by atoms with van der Waals surface area (Å²) in [5, 5.41) is 1.92. The van der Waals surface area contributed by atoms with Gasteiger partial charge in [0.25, 0.3) is 5.91 Å². The molecule has 1 saturated heterocycles. The summed E-state index contributed by atoms with van der Waals surface area (Å²) >= 11 is 1.46. The van der Waals surface area contributed by atoms with Gasteiger partial charge in [0.2, 0.25) is 5.91 Å². The fourth-order valence-electron chi connectivity index (χ4n) is 4.02. The smallest absolute Gasteiger partial charge is 0.264 e. The first-order chi connectivity index (χ1) is 11.6. The van der Waals surface area contributed by atoms with Crippen LogP contribution in [-0.4, -0.2) is 47.3 Å². The molecule has 0 spiro atoms. The lowest BCUT2D eigenvalue weighted by molar-refractivity contribution is -0.138. The van der Waals surface area contributed by atoms with E-state index in [1.807, 2.05) is 34.4 Å². The van der Waals surface area contributed by atoms with Gasteiger partial charge in [-0.1, -0.05) is 13.0 Å². The lowest BCUT2D eigenvalue weighted by Gasteiger charge is -2.40. The van der Waals surface area contributed by atoms with Crippen molar-refractivity contribution in [2.75, 3.05) is 13.6 Å². The third-order valence-electron chi connectivity index (χ3n) is 5.66. The summed E-state index contributed by atoms with van der Waals surface area (Å²) in [5.41, 5.74) is 0. The van der Waals surface area contributed by atoms with E-state index in [9.17, 15) is 9.59 Å². The summed E-state index contributed by atoms with van der Waals surface area (Å²) in [5.74, 6) is 0.934. The number of likely N-dealkylation sites (N-methyl/N-ethyl adjacent to an activating group) is 1. The van der Waals surface area contributed by atoms with E-state index in [0.29, 0.717) is 12.6 Å². The fraction of sp³-hybridized carbons (Fsp3) is 0.684. The van der Waals surface area contributed by atoms with Crippen LogP contribution in [0.4, 0.5) is 0 Å². The SMILES string of the molecule is CC1CCC(N(C)C(=O)C2CCCCN2C(=O)c2cccs2)CC1. The molecule has 0 radical (unpaired) electrons. The van der Waals surface area contributed by atoms with Crippen LogP contribution in [0.3, 0.4) is 0 Å². The third kappa shape index (κ3) is 3.66. The van der Waals surface area contributed by atoms with Crippen molar-refractivity contribution in [1.29, 1.82) is 0 Å². The molecule has 1 unspecified atom stereocenters. The summed E-state index contributed by atoms with van der Waals surface area (Å²) in [6.45, 7) is 2.99. The molecule has 3 rings (SSSR count). The largest absolute Gasteiger partial charge is 0.341 e. The zero-order valence-corrected chi connectivity index (χ0v) is 15.6. The van der Waals surface area contributed by atoms with Crippen LogP contribution in [0, 0.1) is 5.92 Å². The van der Waals surface area contributed by atoms with Gasteiger partial charge in [0.15, 0.2) is 0 Å². The van der Waals surface area contributed by atoms with Crippen molar-refractivity contribution in [3.05, 3.63) is 22.4 Å². The maximum absolute atomic E-state index is 13.1. The Kier molecular flexibility index (Phi) is 5.59. The zero-order valence-electron chi connectivity index (χ0n) is 14.7. The summed E-state index contributed by atoms with van der Waals surface area (Å²) in [7, 11) is 1.94. The molecule has 132 valence electrons. The molecular weight excluding hydrogens is 320 g/mol. The minimum atomic E-state index is -0.280. The highest BCUT2D eigenvalue weighted by Gasteiger charge is 2.36. The Morgan fingerprint density at radius 1 is 1.17 bits per heavy atom. The van der Waals surface area contributed by atoms with Crippen LogP contribution in [0.5, 0.6) is 0 Å². The van der Waals surface area contributed by atoms with Crippen molar-refractivity contribution in [3.63, 3.8) is 0 Å². The highest BCUT2D eigenvalue weighted by Crippen LogP contribution is 2.29. The van der Waals surface area contributed by atoms with E-state index < -0.39 is 0 Å². The van der Waals surface area contributed by atoms with E-state index >= 15 is 0 Å². The fourth-order valence-corrected chi connectivity index (χ4v) is 4.70. The van der Waals surface area contributed by atoms with Gasteiger partial charge in [-0.3, -0.25) is 9.59 Å². The lowest BCUT2D eigenvalue weighted by atomic mass is 9.86. The number of amides is 2. The second-order valence-electron chi connectivity index (χ2n) is 7.35. The summed E-state index contributed by atoms with van der Waals surface area (Å²) in [6.07, 6.45) is 7.40. The van der Waals surface area contributed by atoms with Gasteiger partial charge in [-0.25, -0.2) is 0 Å². The van der Waals surface area contributed by atoms with E-state index in [1.54, 1.807) is 0 Å². The molecule has 24 heavy (non-hydrogen) atoms. The van der Waals surface area contributed by atoms with E-state index in [2.05, 4.69) is 6.92 Å².